The first kappa shape index (κ1) is 10.2. The van der Waals surface area contributed by atoms with Crippen LogP contribution in [0.1, 0.15) is 10.4 Å². The van der Waals surface area contributed by atoms with Gasteiger partial charge in [0.05, 0.1) is 12.8 Å². The Balaban J connectivity index is 2.51. The maximum Gasteiger partial charge on any atom is 0.339 e. The Kier molecular flexibility index (Phi) is 2.55. The van der Waals surface area contributed by atoms with E-state index in [2.05, 4.69) is 10.1 Å². The van der Waals surface area contributed by atoms with Gasteiger partial charge in [-0.1, -0.05) is 0 Å². The molecule has 0 unspecified atom stereocenters. The molecule has 1 heterocycles. The van der Waals surface area contributed by atoms with E-state index in [0.717, 1.165) is 0 Å². The van der Waals surface area contributed by atoms with Gasteiger partial charge in [-0.25, -0.2) is 14.5 Å². The van der Waals surface area contributed by atoms with E-state index in [1.165, 1.54) is 30.5 Å². The molecule has 2 rings (SSSR count). The number of methoxy groups -OCH3 is 1. The molecule has 82 valence electrons. The van der Waals surface area contributed by atoms with Crippen molar-refractivity contribution in [3.05, 3.63) is 36.4 Å². The highest BCUT2D eigenvalue weighted by atomic mass is 16.5. The molecule has 6 heteroatoms. The molecule has 0 aliphatic heterocycles. The van der Waals surface area contributed by atoms with Gasteiger partial charge in [-0.15, -0.1) is 0 Å². The number of carbonyl (C=O) groups is 1. The number of aromatic nitrogens is 3. The minimum absolute atomic E-state index is 0.0931. The summed E-state index contributed by atoms with van der Waals surface area (Å²) >= 11 is 0. The molecule has 0 saturated carbocycles. The molecule has 16 heavy (non-hydrogen) atoms. The van der Waals surface area contributed by atoms with Crippen molar-refractivity contribution >= 4 is 5.97 Å². The number of rotatable bonds is 3. The van der Waals surface area contributed by atoms with Crippen LogP contribution in [0.2, 0.25) is 0 Å². The molecule has 2 aromatic rings. The number of carboxylic acid groups (broad SMARTS) is 1. The monoisotopic (exact) mass is 219 g/mol. The van der Waals surface area contributed by atoms with Gasteiger partial charge in [0, 0.05) is 0 Å². The van der Waals surface area contributed by atoms with E-state index in [-0.39, 0.29) is 5.56 Å². The topological polar surface area (TPSA) is 77.2 Å². The zero-order valence-electron chi connectivity index (χ0n) is 8.49. The summed E-state index contributed by atoms with van der Waals surface area (Å²) in [6, 6.07) is 4.77. The van der Waals surface area contributed by atoms with Crippen LogP contribution in [-0.2, 0) is 0 Å². The average Bonchev–Trinajstić information content (AvgIpc) is 2.81. The molecule has 0 bridgehead atoms. The third-order valence-corrected chi connectivity index (χ3v) is 2.10. The van der Waals surface area contributed by atoms with Crippen LogP contribution in [0.25, 0.3) is 5.69 Å². The Labute approximate surface area is 91.1 Å². The largest absolute Gasteiger partial charge is 0.496 e. The van der Waals surface area contributed by atoms with Gasteiger partial charge in [-0.3, -0.25) is 0 Å². The van der Waals surface area contributed by atoms with Gasteiger partial charge in [0.15, 0.2) is 0 Å². The van der Waals surface area contributed by atoms with Crippen molar-refractivity contribution in [3.63, 3.8) is 0 Å². The number of carboxylic acids is 1. The summed E-state index contributed by atoms with van der Waals surface area (Å²) in [7, 11) is 1.43. The quantitative estimate of drug-likeness (QED) is 0.832. The predicted octanol–water partition coefficient (Wildman–Crippen LogP) is 0.974. The summed E-state index contributed by atoms with van der Waals surface area (Å²) in [5, 5.41) is 12.9. The molecular weight excluding hydrogens is 210 g/mol. The normalized spacial score (nSPS) is 10.1. The Morgan fingerprint density at radius 3 is 2.88 bits per heavy atom. The lowest BCUT2D eigenvalue weighted by atomic mass is 10.2. The van der Waals surface area contributed by atoms with Gasteiger partial charge in [0.2, 0.25) is 0 Å². The zero-order valence-corrected chi connectivity index (χ0v) is 8.49. The Morgan fingerprint density at radius 2 is 2.31 bits per heavy atom. The third-order valence-electron chi connectivity index (χ3n) is 2.10. The lowest BCUT2D eigenvalue weighted by Crippen LogP contribution is -2.03. The number of aromatic carboxylic acids is 1. The molecule has 0 spiro atoms. The molecular formula is C10H9N3O3. The highest BCUT2D eigenvalue weighted by Crippen LogP contribution is 2.21. The highest BCUT2D eigenvalue weighted by Gasteiger charge is 2.12. The van der Waals surface area contributed by atoms with Crippen LogP contribution in [0.4, 0.5) is 0 Å². The second kappa shape index (κ2) is 4.01. The van der Waals surface area contributed by atoms with Crippen LogP contribution in [-0.4, -0.2) is 33.0 Å². The second-order valence-corrected chi connectivity index (χ2v) is 3.03. The molecule has 1 aromatic carbocycles. The van der Waals surface area contributed by atoms with Crippen LogP contribution in [0.5, 0.6) is 5.75 Å². The standard InChI is InChI=1S/C10H9N3O3/c1-16-9-3-2-7(4-8(9)10(14)15)13-6-11-5-12-13/h2-6H,1H3,(H,14,15). The first-order valence-electron chi connectivity index (χ1n) is 4.48. The van der Waals surface area contributed by atoms with Gasteiger partial charge >= 0.3 is 5.97 Å². The van der Waals surface area contributed by atoms with Crippen molar-refractivity contribution in [1.29, 1.82) is 0 Å². The van der Waals surface area contributed by atoms with E-state index in [1.807, 2.05) is 0 Å². The minimum Gasteiger partial charge on any atom is -0.496 e. The molecule has 0 saturated heterocycles. The summed E-state index contributed by atoms with van der Waals surface area (Å²) in [6.07, 6.45) is 2.87. The van der Waals surface area contributed by atoms with Crippen molar-refractivity contribution < 1.29 is 14.6 Å². The summed E-state index contributed by atoms with van der Waals surface area (Å²) < 4.78 is 6.43. The van der Waals surface area contributed by atoms with Crippen molar-refractivity contribution in [1.82, 2.24) is 14.8 Å². The predicted molar refractivity (Wildman–Crippen MR) is 54.9 cm³/mol. The van der Waals surface area contributed by atoms with E-state index < -0.39 is 5.97 Å². The van der Waals surface area contributed by atoms with Gasteiger partial charge in [-0.05, 0) is 18.2 Å². The van der Waals surface area contributed by atoms with Crippen molar-refractivity contribution in [3.8, 4) is 11.4 Å². The van der Waals surface area contributed by atoms with Crippen molar-refractivity contribution in [2.24, 2.45) is 0 Å². The Morgan fingerprint density at radius 1 is 1.50 bits per heavy atom. The van der Waals surface area contributed by atoms with Crippen LogP contribution < -0.4 is 4.74 Å². The zero-order chi connectivity index (χ0) is 11.5. The molecule has 0 aliphatic rings. The molecule has 0 radical (unpaired) electrons. The first-order chi connectivity index (χ1) is 7.72. The van der Waals surface area contributed by atoms with E-state index >= 15 is 0 Å². The number of hydrogen-bond acceptors (Lipinski definition) is 4. The average molecular weight is 219 g/mol. The highest BCUT2D eigenvalue weighted by molar-refractivity contribution is 5.91. The number of nitrogens with zero attached hydrogens (tertiary/aromatic N) is 3. The van der Waals surface area contributed by atoms with Crippen LogP contribution in [0, 0.1) is 0 Å². The fraction of sp³-hybridized carbons (Fsp3) is 0.100. The maximum atomic E-state index is 11.0. The number of hydrogen-bond donors (Lipinski definition) is 1. The van der Waals surface area contributed by atoms with Gasteiger partial charge in [0.1, 0.15) is 24.0 Å². The first-order valence-corrected chi connectivity index (χ1v) is 4.48. The van der Waals surface area contributed by atoms with Crippen molar-refractivity contribution in [2.75, 3.05) is 7.11 Å². The molecule has 1 aromatic heterocycles. The lowest BCUT2D eigenvalue weighted by Gasteiger charge is -2.07. The van der Waals surface area contributed by atoms with Gasteiger partial charge in [0.25, 0.3) is 0 Å². The molecule has 0 atom stereocenters. The van der Waals surface area contributed by atoms with Gasteiger partial charge < -0.3 is 9.84 Å². The Bertz CT molecular complexity index is 508. The third kappa shape index (κ3) is 1.72. The molecule has 6 nitrogen and oxygen atoms in total. The summed E-state index contributed by atoms with van der Waals surface area (Å²) in [5.74, 6) is -0.727. The summed E-state index contributed by atoms with van der Waals surface area (Å²) in [5.41, 5.74) is 0.714. The minimum atomic E-state index is -1.04. The van der Waals surface area contributed by atoms with E-state index in [4.69, 9.17) is 9.84 Å². The number of benzene rings is 1. The smallest absolute Gasteiger partial charge is 0.339 e. The van der Waals surface area contributed by atoms with Crippen molar-refractivity contribution in [2.45, 2.75) is 0 Å². The fourth-order valence-corrected chi connectivity index (χ4v) is 1.35. The van der Waals surface area contributed by atoms with Crippen LogP contribution >= 0.6 is 0 Å². The molecule has 0 aliphatic carbocycles. The fourth-order valence-electron chi connectivity index (χ4n) is 1.35. The Hall–Kier alpha value is -2.37. The maximum absolute atomic E-state index is 11.0. The summed E-state index contributed by atoms with van der Waals surface area (Å²) in [4.78, 5) is 14.8. The summed E-state index contributed by atoms with van der Waals surface area (Å²) in [6.45, 7) is 0. The molecule has 0 amide bonds. The van der Waals surface area contributed by atoms with E-state index in [1.54, 1.807) is 12.1 Å². The van der Waals surface area contributed by atoms with Crippen LogP contribution in [0.15, 0.2) is 30.9 Å². The van der Waals surface area contributed by atoms with E-state index in [9.17, 15) is 4.79 Å². The van der Waals surface area contributed by atoms with Crippen LogP contribution in [0.3, 0.4) is 0 Å². The van der Waals surface area contributed by atoms with E-state index in [0.29, 0.717) is 11.4 Å². The lowest BCUT2D eigenvalue weighted by molar-refractivity contribution is 0.0693. The molecule has 0 fully saturated rings. The second-order valence-electron chi connectivity index (χ2n) is 3.03. The molecule has 1 N–H and O–H groups in total. The van der Waals surface area contributed by atoms with Gasteiger partial charge in [-0.2, -0.15) is 5.10 Å². The SMILES string of the molecule is COc1ccc(-n2cncn2)cc1C(=O)O. The number of ether oxygens (including phenoxy) is 1.